The van der Waals surface area contributed by atoms with E-state index in [1.807, 2.05) is 0 Å². The minimum absolute atomic E-state index is 0.117. The van der Waals surface area contributed by atoms with Gasteiger partial charge in [0.05, 0.1) is 20.1 Å². The molecule has 0 aliphatic heterocycles. The summed E-state index contributed by atoms with van der Waals surface area (Å²) in [4.78, 5) is 13.5. The summed E-state index contributed by atoms with van der Waals surface area (Å²) >= 11 is 9.05. The van der Waals surface area contributed by atoms with Gasteiger partial charge in [-0.2, -0.15) is 13.8 Å². The van der Waals surface area contributed by atoms with Crippen LogP contribution < -0.4 is 0 Å². The van der Waals surface area contributed by atoms with Gasteiger partial charge in [-0.25, -0.2) is 4.79 Å². The minimum Gasteiger partial charge on any atom is -0.211 e. The molecule has 0 N–H and O–H groups in total. The lowest BCUT2D eigenvalue weighted by Crippen LogP contribution is -1.85. The maximum atomic E-state index is 12.2. The summed E-state index contributed by atoms with van der Waals surface area (Å²) in [6.45, 7) is 0. The fraction of sp³-hybridized carbons (Fsp3) is 0.125. The van der Waals surface area contributed by atoms with Crippen LogP contribution in [0.2, 0.25) is 5.02 Å². The SMILES string of the molecule is O=C=Nc1ccc(Cl)c(Br)c1SC(F)F. The van der Waals surface area contributed by atoms with Crippen molar-refractivity contribution in [2.45, 2.75) is 10.7 Å². The molecule has 15 heavy (non-hydrogen) atoms. The predicted molar refractivity (Wildman–Crippen MR) is 58.8 cm³/mol. The van der Waals surface area contributed by atoms with Crippen LogP contribution in [-0.2, 0) is 4.79 Å². The average molecular weight is 315 g/mol. The summed E-state index contributed by atoms with van der Waals surface area (Å²) in [6, 6.07) is 2.83. The molecule has 1 aromatic carbocycles. The summed E-state index contributed by atoms with van der Waals surface area (Å²) in [7, 11) is 0. The molecule has 1 aromatic rings. The molecule has 0 radical (unpaired) electrons. The second-order valence-electron chi connectivity index (χ2n) is 2.29. The Labute approximate surface area is 102 Å². The molecule has 0 saturated heterocycles. The summed E-state index contributed by atoms with van der Waals surface area (Å²) in [5.41, 5.74) is 0.117. The minimum atomic E-state index is -2.61. The highest BCUT2D eigenvalue weighted by Gasteiger charge is 2.15. The van der Waals surface area contributed by atoms with Gasteiger partial charge < -0.3 is 0 Å². The van der Waals surface area contributed by atoms with Crippen LogP contribution in [0.25, 0.3) is 0 Å². The second-order valence-corrected chi connectivity index (χ2v) is 4.49. The van der Waals surface area contributed by atoms with E-state index >= 15 is 0 Å². The number of carbonyl (C=O) groups excluding carboxylic acids is 1. The van der Waals surface area contributed by atoms with Crippen LogP contribution in [0.4, 0.5) is 14.5 Å². The molecule has 0 unspecified atom stereocenters. The Bertz CT molecular complexity index is 423. The first kappa shape index (κ1) is 12.6. The zero-order chi connectivity index (χ0) is 11.4. The molecule has 0 atom stereocenters. The Balaban J connectivity index is 3.27. The van der Waals surface area contributed by atoms with Gasteiger partial charge in [-0.3, -0.25) is 0 Å². The van der Waals surface area contributed by atoms with Crippen LogP contribution in [-0.4, -0.2) is 11.8 Å². The number of hydrogen-bond acceptors (Lipinski definition) is 3. The first-order chi connectivity index (χ1) is 7.06. The lowest BCUT2D eigenvalue weighted by Gasteiger charge is -2.07. The van der Waals surface area contributed by atoms with Crippen LogP contribution >= 0.6 is 39.3 Å². The molecule has 0 aromatic heterocycles. The maximum absolute atomic E-state index is 12.2. The smallest absolute Gasteiger partial charge is 0.211 e. The number of rotatable bonds is 3. The van der Waals surface area contributed by atoms with Gasteiger partial charge in [-0.05, 0) is 28.1 Å². The van der Waals surface area contributed by atoms with Gasteiger partial charge in [-0.15, -0.1) is 0 Å². The number of nitrogens with zero attached hydrogens (tertiary/aromatic N) is 1. The lowest BCUT2D eigenvalue weighted by molar-refractivity contribution is 0.252. The van der Waals surface area contributed by atoms with Crippen molar-refractivity contribution < 1.29 is 13.6 Å². The van der Waals surface area contributed by atoms with Crippen molar-refractivity contribution in [1.82, 2.24) is 0 Å². The number of thioether (sulfide) groups is 1. The summed E-state index contributed by atoms with van der Waals surface area (Å²) in [5, 5.41) is 0.281. The lowest BCUT2D eigenvalue weighted by atomic mass is 10.3. The van der Waals surface area contributed by atoms with E-state index in [2.05, 4.69) is 20.9 Å². The predicted octanol–water partition coefficient (Wildman–Crippen LogP) is 4.38. The van der Waals surface area contributed by atoms with Gasteiger partial charge in [0.25, 0.3) is 5.76 Å². The van der Waals surface area contributed by atoms with Crippen LogP contribution in [0.3, 0.4) is 0 Å². The molecule has 0 amide bonds. The second kappa shape index (κ2) is 5.61. The first-order valence-electron chi connectivity index (χ1n) is 3.57. The van der Waals surface area contributed by atoms with Crippen molar-refractivity contribution >= 4 is 51.1 Å². The maximum Gasteiger partial charge on any atom is 0.289 e. The third-order valence-electron chi connectivity index (χ3n) is 1.40. The van der Waals surface area contributed by atoms with Gasteiger partial charge >= 0.3 is 0 Å². The Morgan fingerprint density at radius 3 is 2.73 bits per heavy atom. The Morgan fingerprint density at radius 1 is 1.53 bits per heavy atom. The number of hydrogen-bond donors (Lipinski definition) is 0. The van der Waals surface area contributed by atoms with Crippen LogP contribution in [0.5, 0.6) is 0 Å². The normalized spacial score (nSPS) is 10.2. The van der Waals surface area contributed by atoms with E-state index < -0.39 is 5.76 Å². The van der Waals surface area contributed by atoms with Crippen molar-refractivity contribution in [3.63, 3.8) is 0 Å². The van der Waals surface area contributed by atoms with Gasteiger partial charge in [0.15, 0.2) is 0 Å². The van der Waals surface area contributed by atoms with E-state index in [9.17, 15) is 13.6 Å². The molecule has 0 bridgehead atoms. The quantitative estimate of drug-likeness (QED) is 0.470. The van der Waals surface area contributed by atoms with Gasteiger partial charge in [-0.1, -0.05) is 23.4 Å². The number of isocyanates is 1. The van der Waals surface area contributed by atoms with E-state index in [0.717, 1.165) is 0 Å². The molecule has 0 saturated carbocycles. The molecular formula is C8H3BrClF2NOS. The van der Waals surface area contributed by atoms with Crippen LogP contribution in [0.15, 0.2) is 26.5 Å². The Hall–Kier alpha value is -0.420. The fourth-order valence-electron chi connectivity index (χ4n) is 0.860. The molecule has 1 rings (SSSR count). The number of alkyl halides is 2. The number of benzene rings is 1. The van der Waals surface area contributed by atoms with Crippen molar-refractivity contribution in [2.75, 3.05) is 0 Å². The Morgan fingerprint density at radius 2 is 2.20 bits per heavy atom. The molecule has 2 nitrogen and oxygen atoms in total. The molecule has 0 fully saturated rings. The third-order valence-corrected chi connectivity index (χ3v) is 3.86. The highest BCUT2D eigenvalue weighted by Crippen LogP contribution is 2.42. The average Bonchev–Trinajstić information content (AvgIpc) is 2.17. The van der Waals surface area contributed by atoms with E-state index in [1.54, 1.807) is 0 Å². The van der Waals surface area contributed by atoms with Crippen LogP contribution in [0, 0.1) is 0 Å². The largest absolute Gasteiger partial charge is 0.289 e. The zero-order valence-electron chi connectivity index (χ0n) is 7.01. The molecule has 80 valence electrons. The molecule has 0 heterocycles. The molecule has 0 aliphatic rings. The van der Waals surface area contributed by atoms with Gasteiger partial charge in [0.1, 0.15) is 0 Å². The number of aliphatic imine (C=N–C) groups is 1. The summed E-state index contributed by atoms with van der Waals surface area (Å²) in [5.74, 6) is -2.61. The summed E-state index contributed by atoms with van der Waals surface area (Å²) in [6.07, 6.45) is 1.30. The third kappa shape index (κ3) is 3.28. The standard InChI is InChI=1S/C8H3BrClF2NOS/c9-6-4(10)1-2-5(13-3-14)7(6)15-8(11)12/h1-2,8H. The van der Waals surface area contributed by atoms with E-state index in [1.165, 1.54) is 18.2 Å². The molecule has 7 heteroatoms. The molecule has 0 aliphatic carbocycles. The van der Waals surface area contributed by atoms with Crippen LogP contribution in [0.1, 0.15) is 0 Å². The highest BCUT2D eigenvalue weighted by atomic mass is 79.9. The van der Waals surface area contributed by atoms with E-state index in [0.29, 0.717) is 4.47 Å². The van der Waals surface area contributed by atoms with Gasteiger partial charge in [0, 0.05) is 0 Å². The fourth-order valence-corrected chi connectivity index (χ4v) is 2.32. The van der Waals surface area contributed by atoms with E-state index in [4.69, 9.17) is 11.6 Å². The van der Waals surface area contributed by atoms with Crippen molar-refractivity contribution in [1.29, 1.82) is 0 Å². The highest BCUT2D eigenvalue weighted by molar-refractivity contribution is 9.10. The molecule has 0 spiro atoms. The van der Waals surface area contributed by atoms with E-state index in [-0.39, 0.29) is 27.4 Å². The number of halogens is 4. The Kier molecular flexibility index (Phi) is 4.73. The van der Waals surface area contributed by atoms with Crippen molar-refractivity contribution in [3.8, 4) is 0 Å². The van der Waals surface area contributed by atoms with Gasteiger partial charge in [0.2, 0.25) is 6.08 Å². The molecular weight excluding hydrogens is 312 g/mol. The van der Waals surface area contributed by atoms with Crippen molar-refractivity contribution in [2.24, 2.45) is 4.99 Å². The monoisotopic (exact) mass is 313 g/mol. The summed E-state index contributed by atoms with van der Waals surface area (Å²) < 4.78 is 24.7. The first-order valence-corrected chi connectivity index (χ1v) is 5.62. The zero-order valence-corrected chi connectivity index (χ0v) is 10.2. The van der Waals surface area contributed by atoms with Crippen molar-refractivity contribution in [3.05, 3.63) is 21.6 Å². The topological polar surface area (TPSA) is 29.4 Å².